The quantitative estimate of drug-likeness (QED) is 0.801. The van der Waals surface area contributed by atoms with Gasteiger partial charge >= 0.3 is 5.97 Å². The molecule has 0 aromatic heterocycles. The molecule has 0 fully saturated rings. The molecule has 6 nitrogen and oxygen atoms in total. The van der Waals surface area contributed by atoms with Crippen LogP contribution in [-0.4, -0.2) is 36.1 Å². The fourth-order valence-electron chi connectivity index (χ4n) is 2.42. The molecular formula is C15H21NO5. The highest BCUT2D eigenvalue weighted by Gasteiger charge is 2.34. The van der Waals surface area contributed by atoms with Crippen LogP contribution in [0.25, 0.3) is 0 Å². The molecule has 116 valence electrons. The van der Waals surface area contributed by atoms with E-state index in [2.05, 4.69) is 5.32 Å². The molecule has 0 bridgehead atoms. The van der Waals surface area contributed by atoms with E-state index in [0.717, 1.165) is 0 Å². The summed E-state index contributed by atoms with van der Waals surface area (Å²) in [6.45, 7) is 6.19. The minimum absolute atomic E-state index is 0.214. The predicted octanol–water partition coefficient (Wildman–Crippen LogP) is 2.03. The number of benzene rings is 1. The molecule has 2 atom stereocenters. The topological polar surface area (TPSA) is 77.0 Å². The highest BCUT2D eigenvalue weighted by atomic mass is 16.7. The van der Waals surface area contributed by atoms with Gasteiger partial charge in [0.2, 0.25) is 6.79 Å². The van der Waals surface area contributed by atoms with Gasteiger partial charge in [-0.15, -0.1) is 0 Å². The van der Waals surface area contributed by atoms with Gasteiger partial charge in [-0.1, -0.05) is 6.92 Å². The van der Waals surface area contributed by atoms with Gasteiger partial charge in [0.25, 0.3) is 0 Å². The Morgan fingerprint density at radius 2 is 2.19 bits per heavy atom. The number of carboxylic acids is 1. The second kappa shape index (κ2) is 6.22. The maximum Gasteiger partial charge on any atom is 0.323 e. The summed E-state index contributed by atoms with van der Waals surface area (Å²) in [4.78, 5) is 11.4. The fraction of sp³-hybridized carbons (Fsp3) is 0.533. The largest absolute Gasteiger partial charge is 0.490 e. The third kappa shape index (κ3) is 3.58. The first kappa shape index (κ1) is 15.4. The molecule has 0 saturated carbocycles. The zero-order chi connectivity index (χ0) is 15.5. The highest BCUT2D eigenvalue weighted by Crippen LogP contribution is 2.35. The van der Waals surface area contributed by atoms with E-state index in [0.29, 0.717) is 30.2 Å². The maximum atomic E-state index is 11.4. The SMILES string of the molecule is CCNC(C)(CC(C)Oc1ccc2c(c1)OCO2)C(=O)O. The number of carboxylic acid groups (broad SMARTS) is 1. The molecule has 0 spiro atoms. The summed E-state index contributed by atoms with van der Waals surface area (Å²) in [7, 11) is 0. The Kier molecular flexibility index (Phi) is 4.57. The monoisotopic (exact) mass is 295 g/mol. The Morgan fingerprint density at radius 1 is 1.48 bits per heavy atom. The van der Waals surface area contributed by atoms with Crippen LogP contribution in [0.2, 0.25) is 0 Å². The second-order valence-electron chi connectivity index (χ2n) is 5.32. The lowest BCUT2D eigenvalue weighted by Crippen LogP contribution is -2.51. The summed E-state index contributed by atoms with van der Waals surface area (Å²) in [5.41, 5.74) is -1.01. The van der Waals surface area contributed by atoms with Crippen LogP contribution in [0.3, 0.4) is 0 Å². The second-order valence-corrected chi connectivity index (χ2v) is 5.32. The zero-order valence-electron chi connectivity index (χ0n) is 12.5. The Morgan fingerprint density at radius 3 is 2.86 bits per heavy atom. The normalized spacial score (nSPS) is 17.1. The van der Waals surface area contributed by atoms with Crippen LogP contribution in [-0.2, 0) is 4.79 Å². The van der Waals surface area contributed by atoms with Crippen molar-refractivity contribution in [3.63, 3.8) is 0 Å². The first-order chi connectivity index (χ1) is 9.94. The number of nitrogens with one attached hydrogen (secondary N) is 1. The predicted molar refractivity (Wildman–Crippen MR) is 77.0 cm³/mol. The minimum Gasteiger partial charge on any atom is -0.490 e. The number of ether oxygens (including phenoxy) is 3. The van der Waals surface area contributed by atoms with Crippen molar-refractivity contribution in [1.82, 2.24) is 5.32 Å². The van der Waals surface area contributed by atoms with Crippen LogP contribution < -0.4 is 19.5 Å². The van der Waals surface area contributed by atoms with Gasteiger partial charge in [0, 0.05) is 12.5 Å². The molecule has 1 heterocycles. The molecule has 0 amide bonds. The van der Waals surface area contributed by atoms with Crippen LogP contribution in [0.1, 0.15) is 27.2 Å². The van der Waals surface area contributed by atoms with Crippen LogP contribution in [0, 0.1) is 0 Å². The van der Waals surface area contributed by atoms with Crippen LogP contribution >= 0.6 is 0 Å². The average Bonchev–Trinajstić information content (AvgIpc) is 2.85. The molecule has 0 radical (unpaired) electrons. The molecule has 2 N–H and O–H groups in total. The smallest absolute Gasteiger partial charge is 0.323 e. The molecular weight excluding hydrogens is 274 g/mol. The van der Waals surface area contributed by atoms with Crippen molar-refractivity contribution >= 4 is 5.97 Å². The molecule has 21 heavy (non-hydrogen) atoms. The Balaban J connectivity index is 2.00. The van der Waals surface area contributed by atoms with Crippen molar-refractivity contribution in [3.05, 3.63) is 18.2 Å². The van der Waals surface area contributed by atoms with Crippen molar-refractivity contribution in [2.45, 2.75) is 38.8 Å². The van der Waals surface area contributed by atoms with Crippen molar-refractivity contribution in [3.8, 4) is 17.2 Å². The Hall–Kier alpha value is -1.95. The highest BCUT2D eigenvalue weighted by molar-refractivity contribution is 5.78. The molecule has 0 aliphatic carbocycles. The number of aliphatic carboxylic acids is 1. The lowest BCUT2D eigenvalue weighted by molar-refractivity contribution is -0.145. The van der Waals surface area contributed by atoms with E-state index in [1.165, 1.54) is 0 Å². The van der Waals surface area contributed by atoms with Crippen LogP contribution in [0.15, 0.2) is 18.2 Å². The summed E-state index contributed by atoms with van der Waals surface area (Å²) in [6, 6.07) is 5.32. The van der Waals surface area contributed by atoms with E-state index in [1.807, 2.05) is 13.8 Å². The van der Waals surface area contributed by atoms with E-state index in [9.17, 15) is 9.90 Å². The van der Waals surface area contributed by atoms with Gasteiger partial charge in [0.15, 0.2) is 11.5 Å². The number of hydrogen-bond donors (Lipinski definition) is 2. The summed E-state index contributed by atoms with van der Waals surface area (Å²) in [6.07, 6.45) is 0.0930. The minimum atomic E-state index is -1.01. The molecule has 1 aromatic rings. The molecule has 2 unspecified atom stereocenters. The first-order valence-electron chi connectivity index (χ1n) is 6.99. The summed E-state index contributed by atoms with van der Waals surface area (Å²) in [5, 5.41) is 12.3. The van der Waals surface area contributed by atoms with Crippen molar-refractivity contribution in [2.75, 3.05) is 13.3 Å². The first-order valence-corrected chi connectivity index (χ1v) is 6.99. The van der Waals surface area contributed by atoms with Crippen molar-refractivity contribution in [2.24, 2.45) is 0 Å². The van der Waals surface area contributed by atoms with Gasteiger partial charge in [-0.05, 0) is 32.5 Å². The molecule has 1 aliphatic heterocycles. The summed E-state index contributed by atoms with van der Waals surface area (Å²) < 4.78 is 16.3. The van der Waals surface area contributed by atoms with Gasteiger partial charge in [-0.2, -0.15) is 0 Å². The van der Waals surface area contributed by atoms with E-state index < -0.39 is 11.5 Å². The van der Waals surface area contributed by atoms with Gasteiger partial charge < -0.3 is 24.6 Å². The van der Waals surface area contributed by atoms with Gasteiger partial charge in [-0.3, -0.25) is 4.79 Å². The number of fused-ring (bicyclic) bond motifs is 1. The van der Waals surface area contributed by atoms with E-state index in [-0.39, 0.29) is 12.9 Å². The number of carbonyl (C=O) groups is 1. The average molecular weight is 295 g/mol. The van der Waals surface area contributed by atoms with Gasteiger partial charge in [-0.25, -0.2) is 0 Å². The fourth-order valence-corrected chi connectivity index (χ4v) is 2.42. The number of rotatable bonds is 7. The van der Waals surface area contributed by atoms with E-state index in [1.54, 1.807) is 25.1 Å². The lowest BCUT2D eigenvalue weighted by Gasteiger charge is -2.29. The molecule has 2 rings (SSSR count). The number of likely N-dealkylation sites (N-methyl/N-ethyl adjacent to an activating group) is 1. The van der Waals surface area contributed by atoms with Crippen LogP contribution in [0.5, 0.6) is 17.2 Å². The van der Waals surface area contributed by atoms with Gasteiger partial charge in [0.1, 0.15) is 11.3 Å². The molecule has 1 aromatic carbocycles. The third-order valence-electron chi connectivity index (χ3n) is 3.42. The third-order valence-corrected chi connectivity index (χ3v) is 3.42. The zero-order valence-corrected chi connectivity index (χ0v) is 12.5. The lowest BCUT2D eigenvalue weighted by atomic mass is 9.95. The molecule has 1 aliphatic rings. The molecule has 0 saturated heterocycles. The van der Waals surface area contributed by atoms with Crippen LogP contribution in [0.4, 0.5) is 0 Å². The van der Waals surface area contributed by atoms with E-state index >= 15 is 0 Å². The van der Waals surface area contributed by atoms with Crippen molar-refractivity contribution < 1.29 is 24.1 Å². The van der Waals surface area contributed by atoms with E-state index in [4.69, 9.17) is 14.2 Å². The Labute approximate surface area is 124 Å². The van der Waals surface area contributed by atoms with Gasteiger partial charge in [0.05, 0.1) is 6.10 Å². The summed E-state index contributed by atoms with van der Waals surface area (Å²) >= 11 is 0. The standard InChI is InChI=1S/C15H21NO5/c1-4-16-15(3,14(17)18)8-10(2)21-11-5-6-12-13(7-11)20-9-19-12/h5-7,10,16H,4,8-9H2,1-3H3,(H,17,18). The summed E-state index contributed by atoms with van der Waals surface area (Å²) in [5.74, 6) is 1.09. The number of hydrogen-bond acceptors (Lipinski definition) is 5. The Bertz CT molecular complexity index is 519. The maximum absolute atomic E-state index is 11.4. The molecule has 6 heteroatoms. The van der Waals surface area contributed by atoms with Crippen molar-refractivity contribution in [1.29, 1.82) is 0 Å².